The number of hydrogen-bond donors (Lipinski definition) is 2. The number of carbonyl (C=O) groups is 1. The van der Waals surface area contributed by atoms with E-state index < -0.39 is 23.2 Å². The SMILES string of the molecule is CC(C)(C)NC(=O)c1cc(Nc2ccccc2C(F)(F)F)ccn1. The van der Waals surface area contributed by atoms with Gasteiger partial charge in [-0.3, -0.25) is 9.78 Å². The van der Waals surface area contributed by atoms with Gasteiger partial charge in [0.15, 0.2) is 0 Å². The summed E-state index contributed by atoms with van der Waals surface area (Å²) in [6.07, 6.45) is -3.10. The highest BCUT2D eigenvalue weighted by molar-refractivity contribution is 5.93. The summed E-state index contributed by atoms with van der Waals surface area (Å²) in [5.41, 5.74) is -0.827. The molecule has 2 rings (SSSR count). The fourth-order valence-corrected chi connectivity index (χ4v) is 2.03. The number of alkyl halides is 3. The Morgan fingerprint density at radius 1 is 1.08 bits per heavy atom. The summed E-state index contributed by atoms with van der Waals surface area (Å²) in [6, 6.07) is 8.07. The van der Waals surface area contributed by atoms with Gasteiger partial charge in [0.05, 0.1) is 11.3 Å². The molecule has 0 bridgehead atoms. The molecule has 0 saturated heterocycles. The normalized spacial score (nSPS) is 11.9. The van der Waals surface area contributed by atoms with Crippen molar-refractivity contribution in [3.05, 3.63) is 53.9 Å². The van der Waals surface area contributed by atoms with Crippen LogP contribution in [0.2, 0.25) is 0 Å². The van der Waals surface area contributed by atoms with Crippen molar-refractivity contribution < 1.29 is 18.0 Å². The minimum atomic E-state index is -4.47. The van der Waals surface area contributed by atoms with E-state index in [0.717, 1.165) is 6.07 Å². The van der Waals surface area contributed by atoms with Gasteiger partial charge in [0.1, 0.15) is 5.69 Å². The van der Waals surface area contributed by atoms with Crippen LogP contribution in [-0.4, -0.2) is 16.4 Å². The first-order valence-corrected chi connectivity index (χ1v) is 7.28. The van der Waals surface area contributed by atoms with Crippen LogP contribution in [0, 0.1) is 0 Å². The minimum absolute atomic E-state index is 0.0848. The van der Waals surface area contributed by atoms with E-state index in [0.29, 0.717) is 5.69 Å². The van der Waals surface area contributed by atoms with Gasteiger partial charge in [0, 0.05) is 17.4 Å². The number of carbonyl (C=O) groups excluding carboxylic acids is 1. The smallest absolute Gasteiger partial charge is 0.355 e. The Kier molecular flexibility index (Phi) is 4.82. The number of para-hydroxylation sites is 1. The Morgan fingerprint density at radius 2 is 1.75 bits per heavy atom. The number of nitrogens with zero attached hydrogens (tertiary/aromatic N) is 1. The van der Waals surface area contributed by atoms with Crippen molar-refractivity contribution >= 4 is 17.3 Å². The van der Waals surface area contributed by atoms with Crippen molar-refractivity contribution in [3.63, 3.8) is 0 Å². The molecule has 0 radical (unpaired) electrons. The molecular weight excluding hydrogens is 319 g/mol. The maximum atomic E-state index is 13.0. The van der Waals surface area contributed by atoms with Crippen molar-refractivity contribution in [2.24, 2.45) is 0 Å². The van der Waals surface area contributed by atoms with Crippen molar-refractivity contribution in [1.29, 1.82) is 0 Å². The van der Waals surface area contributed by atoms with Gasteiger partial charge >= 0.3 is 6.18 Å². The second-order valence-corrected chi connectivity index (χ2v) is 6.30. The van der Waals surface area contributed by atoms with E-state index in [9.17, 15) is 18.0 Å². The Hall–Kier alpha value is -2.57. The number of hydrogen-bond acceptors (Lipinski definition) is 3. The summed E-state index contributed by atoms with van der Waals surface area (Å²) < 4.78 is 39.1. The second kappa shape index (κ2) is 6.51. The maximum absolute atomic E-state index is 13.0. The molecule has 0 unspecified atom stereocenters. The number of nitrogens with one attached hydrogen (secondary N) is 2. The molecule has 128 valence electrons. The molecule has 1 aromatic heterocycles. The molecule has 4 nitrogen and oxygen atoms in total. The van der Waals surface area contributed by atoms with E-state index in [1.54, 1.807) is 0 Å². The Balaban J connectivity index is 2.27. The lowest BCUT2D eigenvalue weighted by Crippen LogP contribution is -2.40. The predicted molar refractivity (Wildman–Crippen MR) is 86.2 cm³/mol. The summed E-state index contributed by atoms with van der Waals surface area (Å²) in [7, 11) is 0. The van der Waals surface area contributed by atoms with Crippen LogP contribution in [-0.2, 0) is 6.18 Å². The van der Waals surface area contributed by atoms with Gasteiger partial charge in [0.25, 0.3) is 5.91 Å². The lowest BCUT2D eigenvalue weighted by atomic mass is 10.1. The Labute approximate surface area is 138 Å². The number of halogens is 3. The Morgan fingerprint density at radius 3 is 2.38 bits per heavy atom. The molecule has 1 amide bonds. The summed E-state index contributed by atoms with van der Waals surface area (Å²) in [5.74, 6) is -0.393. The second-order valence-electron chi connectivity index (χ2n) is 6.30. The molecule has 2 aromatic rings. The Bertz CT molecular complexity index is 736. The first-order chi connectivity index (χ1) is 11.1. The maximum Gasteiger partial charge on any atom is 0.418 e. The van der Waals surface area contributed by atoms with Crippen LogP contribution in [0.5, 0.6) is 0 Å². The van der Waals surface area contributed by atoms with Crippen LogP contribution in [0.3, 0.4) is 0 Å². The van der Waals surface area contributed by atoms with Crippen LogP contribution >= 0.6 is 0 Å². The van der Waals surface area contributed by atoms with E-state index in [2.05, 4.69) is 15.6 Å². The van der Waals surface area contributed by atoms with E-state index in [4.69, 9.17) is 0 Å². The van der Waals surface area contributed by atoms with Gasteiger partial charge in [-0.1, -0.05) is 12.1 Å². The first-order valence-electron chi connectivity index (χ1n) is 7.28. The molecular formula is C17H18F3N3O. The summed E-state index contributed by atoms with van der Waals surface area (Å²) >= 11 is 0. The molecule has 1 heterocycles. The molecule has 0 saturated carbocycles. The zero-order chi connectivity index (χ0) is 18.0. The number of amides is 1. The van der Waals surface area contributed by atoms with Gasteiger partial charge in [-0.15, -0.1) is 0 Å². The molecule has 24 heavy (non-hydrogen) atoms. The highest BCUT2D eigenvalue weighted by Gasteiger charge is 2.33. The molecule has 1 aromatic carbocycles. The fourth-order valence-electron chi connectivity index (χ4n) is 2.03. The van der Waals surface area contributed by atoms with E-state index in [1.165, 1.54) is 36.5 Å². The topological polar surface area (TPSA) is 54.0 Å². The number of pyridine rings is 1. The lowest BCUT2D eigenvalue weighted by Gasteiger charge is -2.20. The average Bonchev–Trinajstić information content (AvgIpc) is 2.45. The largest absolute Gasteiger partial charge is 0.418 e. The van der Waals surface area contributed by atoms with Gasteiger partial charge in [-0.25, -0.2) is 0 Å². The molecule has 0 atom stereocenters. The highest BCUT2D eigenvalue weighted by Crippen LogP contribution is 2.35. The first kappa shape index (κ1) is 17.8. The summed E-state index contributed by atoms with van der Waals surface area (Å²) in [6.45, 7) is 5.48. The zero-order valence-electron chi connectivity index (χ0n) is 13.5. The van der Waals surface area contributed by atoms with Crippen LogP contribution in [0.15, 0.2) is 42.6 Å². The van der Waals surface area contributed by atoms with Gasteiger partial charge in [0.2, 0.25) is 0 Å². The monoisotopic (exact) mass is 337 g/mol. The minimum Gasteiger partial charge on any atom is -0.355 e. The summed E-state index contributed by atoms with van der Waals surface area (Å²) in [5, 5.41) is 5.45. The standard InChI is InChI=1S/C17H18F3N3O/c1-16(2,3)23-15(24)14-10-11(8-9-21-14)22-13-7-5-4-6-12(13)17(18,19)20/h4-10H,1-3H3,(H,21,22)(H,23,24). The van der Waals surface area contributed by atoms with E-state index >= 15 is 0 Å². The van der Waals surface area contributed by atoms with E-state index in [1.807, 2.05) is 20.8 Å². The zero-order valence-corrected chi connectivity index (χ0v) is 13.5. The molecule has 2 N–H and O–H groups in total. The third-order valence-electron chi connectivity index (χ3n) is 2.99. The predicted octanol–water partition coefficient (Wildman–Crippen LogP) is 4.37. The van der Waals surface area contributed by atoms with Crippen LogP contribution in [0.25, 0.3) is 0 Å². The molecule has 7 heteroatoms. The highest BCUT2D eigenvalue weighted by atomic mass is 19.4. The van der Waals surface area contributed by atoms with Crippen molar-refractivity contribution in [1.82, 2.24) is 10.3 Å². The van der Waals surface area contributed by atoms with Gasteiger partial charge in [-0.05, 0) is 45.0 Å². The summed E-state index contributed by atoms with van der Waals surface area (Å²) in [4.78, 5) is 16.1. The van der Waals surface area contributed by atoms with Crippen molar-refractivity contribution in [2.75, 3.05) is 5.32 Å². The average molecular weight is 337 g/mol. The lowest BCUT2D eigenvalue weighted by molar-refractivity contribution is -0.136. The van der Waals surface area contributed by atoms with Gasteiger partial charge in [-0.2, -0.15) is 13.2 Å². The number of rotatable bonds is 3. The number of aromatic nitrogens is 1. The molecule has 0 aliphatic rings. The fraction of sp³-hybridized carbons (Fsp3) is 0.294. The van der Waals surface area contributed by atoms with Crippen molar-refractivity contribution in [2.45, 2.75) is 32.5 Å². The third-order valence-corrected chi connectivity index (χ3v) is 2.99. The molecule has 0 spiro atoms. The van der Waals surface area contributed by atoms with Crippen LogP contribution in [0.1, 0.15) is 36.8 Å². The van der Waals surface area contributed by atoms with Crippen molar-refractivity contribution in [3.8, 4) is 0 Å². The van der Waals surface area contributed by atoms with Crippen LogP contribution < -0.4 is 10.6 Å². The number of anilines is 2. The van der Waals surface area contributed by atoms with Gasteiger partial charge < -0.3 is 10.6 Å². The quantitative estimate of drug-likeness (QED) is 0.874. The number of benzene rings is 1. The van der Waals surface area contributed by atoms with Crippen LogP contribution in [0.4, 0.5) is 24.5 Å². The third kappa shape index (κ3) is 4.71. The molecule has 0 fully saturated rings. The molecule has 0 aliphatic carbocycles. The molecule has 0 aliphatic heterocycles. The van der Waals surface area contributed by atoms with E-state index in [-0.39, 0.29) is 11.4 Å².